The molecular formula is C20H32N6O. The van der Waals surface area contributed by atoms with Crippen LogP contribution in [-0.4, -0.2) is 69.4 Å². The summed E-state index contributed by atoms with van der Waals surface area (Å²) in [4.78, 5) is 13.9. The van der Waals surface area contributed by atoms with Gasteiger partial charge in [0.25, 0.3) is 5.78 Å². The van der Waals surface area contributed by atoms with Crippen molar-refractivity contribution in [3.63, 3.8) is 0 Å². The van der Waals surface area contributed by atoms with Crippen molar-refractivity contribution in [3.05, 3.63) is 17.6 Å². The minimum absolute atomic E-state index is 0.360. The molecule has 2 aliphatic rings. The van der Waals surface area contributed by atoms with Crippen molar-refractivity contribution in [2.75, 3.05) is 37.6 Å². The summed E-state index contributed by atoms with van der Waals surface area (Å²) in [5, 5.41) is 4.41. The fraction of sp³-hybridized carbons (Fsp3) is 0.750. The van der Waals surface area contributed by atoms with Gasteiger partial charge in [0.2, 0.25) is 0 Å². The maximum absolute atomic E-state index is 5.85. The zero-order valence-electron chi connectivity index (χ0n) is 17.1. The minimum Gasteiger partial charge on any atom is -0.373 e. The summed E-state index contributed by atoms with van der Waals surface area (Å²) in [6.07, 6.45) is 6.10. The van der Waals surface area contributed by atoms with Crippen molar-refractivity contribution in [1.29, 1.82) is 0 Å². The monoisotopic (exact) mass is 372 g/mol. The van der Waals surface area contributed by atoms with E-state index in [1.165, 1.54) is 37.2 Å². The van der Waals surface area contributed by atoms with E-state index in [1.54, 1.807) is 6.33 Å². The lowest BCUT2D eigenvalue weighted by Gasteiger charge is -2.38. The summed E-state index contributed by atoms with van der Waals surface area (Å²) in [5.74, 6) is 2.68. The molecule has 0 spiro atoms. The van der Waals surface area contributed by atoms with Gasteiger partial charge in [0.05, 0.1) is 12.2 Å². The van der Waals surface area contributed by atoms with Crippen LogP contribution in [0.2, 0.25) is 0 Å². The van der Waals surface area contributed by atoms with Gasteiger partial charge in [-0.05, 0) is 59.4 Å². The third kappa shape index (κ3) is 3.94. The van der Waals surface area contributed by atoms with E-state index in [-0.39, 0.29) is 0 Å². The van der Waals surface area contributed by atoms with Gasteiger partial charge in [-0.25, -0.2) is 4.98 Å². The second-order valence-electron chi connectivity index (χ2n) is 8.35. The van der Waals surface area contributed by atoms with Gasteiger partial charge in [0.15, 0.2) is 0 Å². The first-order chi connectivity index (χ1) is 13.0. The summed E-state index contributed by atoms with van der Waals surface area (Å²) in [7, 11) is 0. The SMILES string of the molecule is Cc1nc2ncnn2c(N2CCC(CCN3CC(C)OC(C)C3)CC2)c1C. The average Bonchev–Trinajstić information content (AvgIpc) is 3.08. The molecule has 0 amide bonds. The smallest absolute Gasteiger partial charge is 0.254 e. The van der Waals surface area contributed by atoms with Crippen LogP contribution in [0.4, 0.5) is 5.82 Å². The highest BCUT2D eigenvalue weighted by Crippen LogP contribution is 2.29. The first-order valence-corrected chi connectivity index (χ1v) is 10.3. The van der Waals surface area contributed by atoms with Crippen molar-refractivity contribution in [2.45, 2.75) is 59.2 Å². The Labute approximate surface area is 161 Å². The number of nitrogens with zero attached hydrogens (tertiary/aromatic N) is 6. The number of aromatic nitrogens is 4. The molecule has 2 saturated heterocycles. The fourth-order valence-electron chi connectivity index (χ4n) is 4.65. The number of aryl methyl sites for hydroxylation is 1. The molecule has 4 heterocycles. The molecule has 2 aromatic heterocycles. The maximum Gasteiger partial charge on any atom is 0.254 e. The van der Waals surface area contributed by atoms with Gasteiger partial charge in [-0.2, -0.15) is 14.6 Å². The molecule has 27 heavy (non-hydrogen) atoms. The molecule has 7 nitrogen and oxygen atoms in total. The standard InChI is InChI=1S/C20H32N6O/c1-14-11-24(12-15(2)27-14)8-5-18-6-9-25(10-7-18)19-16(3)17(4)23-20-21-13-22-26(19)20/h13-15,18H,5-12H2,1-4H3. The highest BCUT2D eigenvalue weighted by molar-refractivity contribution is 5.54. The summed E-state index contributed by atoms with van der Waals surface area (Å²) >= 11 is 0. The van der Waals surface area contributed by atoms with E-state index in [1.807, 2.05) is 4.52 Å². The van der Waals surface area contributed by atoms with E-state index >= 15 is 0 Å². The molecule has 4 rings (SSSR count). The van der Waals surface area contributed by atoms with Gasteiger partial charge in [0, 0.05) is 37.4 Å². The third-order valence-electron chi connectivity index (χ3n) is 6.14. The first-order valence-electron chi connectivity index (χ1n) is 10.3. The molecule has 0 saturated carbocycles. The van der Waals surface area contributed by atoms with Gasteiger partial charge in [0.1, 0.15) is 12.1 Å². The number of rotatable bonds is 4. The summed E-state index contributed by atoms with van der Waals surface area (Å²) < 4.78 is 7.76. The number of ether oxygens (including phenoxy) is 1. The number of piperidine rings is 1. The Kier molecular flexibility index (Phi) is 5.32. The van der Waals surface area contributed by atoms with Crippen LogP contribution in [-0.2, 0) is 4.74 Å². The zero-order chi connectivity index (χ0) is 19.0. The Hall–Kier alpha value is -1.73. The number of fused-ring (bicyclic) bond motifs is 1. The van der Waals surface area contributed by atoms with Gasteiger partial charge >= 0.3 is 0 Å². The quantitative estimate of drug-likeness (QED) is 0.822. The van der Waals surface area contributed by atoms with Crippen LogP contribution in [0.15, 0.2) is 6.33 Å². The average molecular weight is 373 g/mol. The second kappa shape index (κ2) is 7.72. The van der Waals surface area contributed by atoms with E-state index in [4.69, 9.17) is 4.74 Å². The van der Waals surface area contributed by atoms with Gasteiger partial charge in [-0.15, -0.1) is 0 Å². The lowest BCUT2D eigenvalue weighted by molar-refractivity contribution is -0.0690. The molecular weight excluding hydrogens is 340 g/mol. The molecule has 0 bridgehead atoms. The Morgan fingerprint density at radius 2 is 1.81 bits per heavy atom. The molecule has 0 aliphatic carbocycles. The first kappa shape index (κ1) is 18.6. The minimum atomic E-state index is 0.360. The van der Waals surface area contributed by atoms with Crippen LogP contribution in [0.5, 0.6) is 0 Å². The number of morpholine rings is 1. The predicted molar refractivity (Wildman–Crippen MR) is 106 cm³/mol. The lowest BCUT2D eigenvalue weighted by atomic mass is 9.93. The molecule has 0 N–H and O–H groups in total. The van der Waals surface area contributed by atoms with Gasteiger partial charge < -0.3 is 9.64 Å². The summed E-state index contributed by atoms with van der Waals surface area (Å²) in [6, 6.07) is 0. The zero-order valence-corrected chi connectivity index (χ0v) is 17.1. The van der Waals surface area contributed by atoms with Gasteiger partial charge in [-0.1, -0.05) is 0 Å². The number of hydrogen-bond acceptors (Lipinski definition) is 6. The van der Waals surface area contributed by atoms with Crippen LogP contribution >= 0.6 is 0 Å². The Bertz CT molecular complexity index is 772. The van der Waals surface area contributed by atoms with Crippen molar-refractivity contribution < 1.29 is 4.74 Å². The van der Waals surface area contributed by atoms with Crippen LogP contribution in [0.1, 0.15) is 44.4 Å². The predicted octanol–water partition coefficient (Wildman–Crippen LogP) is 2.46. The fourth-order valence-corrected chi connectivity index (χ4v) is 4.65. The van der Waals surface area contributed by atoms with E-state index in [0.29, 0.717) is 18.0 Å². The summed E-state index contributed by atoms with van der Waals surface area (Å²) in [5.41, 5.74) is 2.26. The topological polar surface area (TPSA) is 58.8 Å². The Morgan fingerprint density at radius 3 is 2.52 bits per heavy atom. The molecule has 148 valence electrons. The van der Waals surface area contributed by atoms with Crippen molar-refractivity contribution >= 4 is 11.6 Å². The third-order valence-corrected chi connectivity index (χ3v) is 6.14. The largest absolute Gasteiger partial charge is 0.373 e. The summed E-state index contributed by atoms with van der Waals surface area (Å²) in [6.45, 7) is 14.1. The maximum atomic E-state index is 5.85. The molecule has 2 aromatic rings. The molecule has 0 aromatic carbocycles. The Morgan fingerprint density at radius 1 is 1.11 bits per heavy atom. The number of anilines is 1. The van der Waals surface area contributed by atoms with Crippen molar-refractivity contribution in [1.82, 2.24) is 24.5 Å². The van der Waals surface area contributed by atoms with E-state index in [2.05, 4.69) is 52.6 Å². The Balaban J connectivity index is 1.36. The molecule has 2 fully saturated rings. The lowest BCUT2D eigenvalue weighted by Crippen LogP contribution is -2.46. The molecule has 2 atom stereocenters. The molecule has 7 heteroatoms. The van der Waals surface area contributed by atoms with Crippen LogP contribution in [0, 0.1) is 19.8 Å². The van der Waals surface area contributed by atoms with E-state index in [9.17, 15) is 0 Å². The molecule has 2 unspecified atom stereocenters. The van der Waals surface area contributed by atoms with Crippen LogP contribution < -0.4 is 4.90 Å². The highest BCUT2D eigenvalue weighted by Gasteiger charge is 2.26. The molecule has 2 aliphatic heterocycles. The normalized spacial score (nSPS) is 25.4. The van der Waals surface area contributed by atoms with Crippen LogP contribution in [0.25, 0.3) is 5.78 Å². The van der Waals surface area contributed by atoms with E-state index < -0.39 is 0 Å². The highest BCUT2D eigenvalue weighted by atomic mass is 16.5. The van der Waals surface area contributed by atoms with E-state index in [0.717, 1.165) is 37.8 Å². The van der Waals surface area contributed by atoms with Crippen molar-refractivity contribution in [2.24, 2.45) is 5.92 Å². The van der Waals surface area contributed by atoms with Crippen LogP contribution in [0.3, 0.4) is 0 Å². The second-order valence-corrected chi connectivity index (χ2v) is 8.35. The van der Waals surface area contributed by atoms with Crippen molar-refractivity contribution in [3.8, 4) is 0 Å². The number of hydrogen-bond donors (Lipinski definition) is 0. The van der Waals surface area contributed by atoms with Gasteiger partial charge in [-0.3, -0.25) is 4.90 Å². The molecule has 0 radical (unpaired) electrons.